The van der Waals surface area contributed by atoms with Gasteiger partial charge in [0.1, 0.15) is 5.75 Å². The van der Waals surface area contributed by atoms with Gasteiger partial charge in [-0.3, -0.25) is 4.79 Å². The lowest BCUT2D eigenvalue weighted by molar-refractivity contribution is 0.0954. The van der Waals surface area contributed by atoms with E-state index in [1.165, 1.54) is 16.0 Å². The number of ether oxygens (including phenoxy) is 1. The van der Waals surface area contributed by atoms with E-state index in [9.17, 15) is 4.79 Å². The predicted molar refractivity (Wildman–Crippen MR) is 113 cm³/mol. The van der Waals surface area contributed by atoms with Crippen LogP contribution in [0.5, 0.6) is 5.75 Å². The molecule has 0 spiro atoms. The van der Waals surface area contributed by atoms with Gasteiger partial charge >= 0.3 is 0 Å². The average Bonchev–Trinajstić information content (AvgIpc) is 2.98. The van der Waals surface area contributed by atoms with Crippen molar-refractivity contribution in [2.45, 2.75) is 46.1 Å². The van der Waals surface area contributed by atoms with Crippen molar-refractivity contribution in [3.05, 3.63) is 49.7 Å². The van der Waals surface area contributed by atoms with Crippen LogP contribution in [0.2, 0.25) is 5.02 Å². The molecule has 0 unspecified atom stereocenters. The van der Waals surface area contributed by atoms with E-state index < -0.39 is 0 Å². The van der Waals surface area contributed by atoms with Gasteiger partial charge in [0.15, 0.2) is 0 Å². The number of aliphatic hydroxyl groups is 1. The molecule has 1 aromatic heterocycles. The Morgan fingerprint density at radius 1 is 1.43 bits per heavy atom. The molecule has 28 heavy (non-hydrogen) atoms. The summed E-state index contributed by atoms with van der Waals surface area (Å²) in [4.78, 5) is 15.0. The maximum atomic E-state index is 12.8. The maximum absolute atomic E-state index is 12.8. The molecule has 1 aromatic carbocycles. The van der Waals surface area contributed by atoms with Gasteiger partial charge in [-0.15, -0.1) is 11.3 Å². The van der Waals surface area contributed by atoms with E-state index in [-0.39, 0.29) is 12.5 Å². The molecule has 0 bridgehead atoms. The van der Waals surface area contributed by atoms with Crippen LogP contribution in [0, 0.1) is 18.3 Å². The molecule has 1 heterocycles. The molecule has 150 valence electrons. The van der Waals surface area contributed by atoms with Crippen molar-refractivity contribution in [2.24, 2.45) is 11.3 Å². The number of carbonyl (C=O) groups is 1. The minimum absolute atomic E-state index is 0.00667. The number of halogens is 1. The summed E-state index contributed by atoms with van der Waals surface area (Å²) in [6, 6.07) is 5.47. The standard InChI is InChI=1S/C22H26ClNO3S/c1-12-18-15(10-16-19(18)22(16,2)3)20(28-12)21(26)24-11-13-5-6-14(9-17(13)23)27-8-4-7-25/h5-6,9,16,19,25H,4,7-8,10-11H2,1-3H3,(H,24,26)/t16-,19-/m1/s1. The van der Waals surface area contributed by atoms with Crippen LogP contribution in [0.25, 0.3) is 0 Å². The third-order valence-corrected chi connectivity index (χ3v) is 7.77. The molecule has 0 saturated heterocycles. The largest absolute Gasteiger partial charge is 0.493 e. The second-order valence-electron chi connectivity index (χ2n) is 8.35. The first kappa shape index (κ1) is 19.7. The van der Waals surface area contributed by atoms with Crippen molar-refractivity contribution in [1.82, 2.24) is 5.32 Å². The Hall–Kier alpha value is -1.56. The van der Waals surface area contributed by atoms with Gasteiger partial charge in [0.05, 0.1) is 11.5 Å². The molecule has 4 rings (SSSR count). The Morgan fingerprint density at radius 3 is 2.93 bits per heavy atom. The Morgan fingerprint density at radius 2 is 2.21 bits per heavy atom. The molecule has 0 aliphatic heterocycles. The number of rotatable bonds is 7. The highest BCUT2D eigenvalue weighted by Crippen LogP contribution is 2.71. The number of benzene rings is 1. The summed E-state index contributed by atoms with van der Waals surface area (Å²) in [5.41, 5.74) is 3.96. The van der Waals surface area contributed by atoms with Crippen LogP contribution in [0.15, 0.2) is 18.2 Å². The van der Waals surface area contributed by atoms with Gasteiger partial charge in [0.25, 0.3) is 5.91 Å². The summed E-state index contributed by atoms with van der Waals surface area (Å²) in [5.74, 6) is 1.99. The van der Waals surface area contributed by atoms with E-state index >= 15 is 0 Å². The molecule has 2 atom stereocenters. The molecule has 1 amide bonds. The number of aliphatic hydroxyl groups excluding tert-OH is 1. The molecular weight excluding hydrogens is 394 g/mol. The summed E-state index contributed by atoms with van der Waals surface area (Å²) in [5, 5.41) is 12.4. The molecule has 1 fully saturated rings. The number of fused-ring (bicyclic) bond motifs is 3. The quantitative estimate of drug-likeness (QED) is 0.639. The van der Waals surface area contributed by atoms with Crippen LogP contribution >= 0.6 is 22.9 Å². The van der Waals surface area contributed by atoms with Crippen LogP contribution < -0.4 is 10.1 Å². The highest BCUT2D eigenvalue weighted by atomic mass is 35.5. The zero-order chi connectivity index (χ0) is 20.1. The number of amides is 1. The molecule has 4 nitrogen and oxygen atoms in total. The molecule has 2 aliphatic rings. The van der Waals surface area contributed by atoms with E-state index in [1.54, 1.807) is 17.4 Å². The van der Waals surface area contributed by atoms with Gasteiger partial charge in [-0.2, -0.15) is 0 Å². The SMILES string of the molecule is Cc1sc(C(=O)NCc2ccc(OCCCO)cc2Cl)c2c1[C@H]1[C@@H](C2)C1(C)C. The van der Waals surface area contributed by atoms with Gasteiger partial charge in [-0.25, -0.2) is 0 Å². The lowest BCUT2D eigenvalue weighted by atomic mass is 9.95. The summed E-state index contributed by atoms with van der Waals surface area (Å²) in [7, 11) is 0. The third kappa shape index (κ3) is 3.34. The summed E-state index contributed by atoms with van der Waals surface area (Å²) in [6.07, 6.45) is 1.61. The first-order chi connectivity index (χ1) is 13.3. The molecule has 6 heteroatoms. The Bertz CT molecular complexity index is 921. The minimum Gasteiger partial charge on any atom is -0.493 e. The smallest absolute Gasteiger partial charge is 0.261 e. The molecule has 2 N–H and O–H groups in total. The number of hydrogen-bond acceptors (Lipinski definition) is 4. The fourth-order valence-electron chi connectivity index (χ4n) is 4.59. The van der Waals surface area contributed by atoms with Gasteiger partial charge in [0.2, 0.25) is 0 Å². The van der Waals surface area contributed by atoms with E-state index in [2.05, 4.69) is 26.1 Å². The van der Waals surface area contributed by atoms with Crippen molar-refractivity contribution >= 4 is 28.8 Å². The van der Waals surface area contributed by atoms with E-state index in [0.717, 1.165) is 16.9 Å². The van der Waals surface area contributed by atoms with Crippen molar-refractivity contribution in [3.8, 4) is 5.75 Å². The molecular formula is C22H26ClNO3S. The summed E-state index contributed by atoms with van der Waals surface area (Å²) >= 11 is 7.97. The average molecular weight is 420 g/mol. The number of hydrogen-bond donors (Lipinski definition) is 2. The second kappa shape index (κ2) is 7.36. The van der Waals surface area contributed by atoms with Crippen LogP contribution in [-0.4, -0.2) is 24.2 Å². The molecule has 0 radical (unpaired) electrons. The Labute approximate surface area is 174 Å². The minimum atomic E-state index is -0.00667. The Balaban J connectivity index is 1.41. The van der Waals surface area contributed by atoms with Crippen molar-refractivity contribution < 1.29 is 14.6 Å². The van der Waals surface area contributed by atoms with Crippen LogP contribution in [0.3, 0.4) is 0 Å². The maximum Gasteiger partial charge on any atom is 0.261 e. The summed E-state index contributed by atoms with van der Waals surface area (Å²) in [6.45, 7) is 7.75. The highest BCUT2D eigenvalue weighted by Gasteiger charge is 2.63. The number of thiophene rings is 1. The van der Waals surface area contributed by atoms with Gasteiger partial charge in [-0.1, -0.05) is 31.5 Å². The first-order valence-electron chi connectivity index (χ1n) is 9.77. The highest BCUT2D eigenvalue weighted by molar-refractivity contribution is 7.14. The van der Waals surface area contributed by atoms with Crippen LogP contribution in [-0.2, 0) is 13.0 Å². The Kier molecular flexibility index (Phi) is 5.19. The number of carbonyl (C=O) groups excluding carboxylic acids is 1. The lowest BCUT2D eigenvalue weighted by Gasteiger charge is -2.11. The van der Waals surface area contributed by atoms with Crippen molar-refractivity contribution in [3.63, 3.8) is 0 Å². The molecule has 2 aliphatic carbocycles. The normalized spacial score (nSPS) is 21.2. The van der Waals surface area contributed by atoms with E-state index in [1.807, 2.05) is 12.1 Å². The number of nitrogens with one attached hydrogen (secondary N) is 1. The van der Waals surface area contributed by atoms with E-state index in [0.29, 0.717) is 47.6 Å². The van der Waals surface area contributed by atoms with Crippen LogP contribution in [0.1, 0.15) is 57.4 Å². The second-order valence-corrected chi connectivity index (χ2v) is 9.98. The van der Waals surface area contributed by atoms with Gasteiger partial charge in [0, 0.05) is 29.5 Å². The van der Waals surface area contributed by atoms with Crippen LogP contribution in [0.4, 0.5) is 0 Å². The molecule has 1 saturated carbocycles. The van der Waals surface area contributed by atoms with Gasteiger partial charge in [-0.05, 0) is 59.4 Å². The fraction of sp³-hybridized carbons (Fsp3) is 0.500. The third-order valence-electron chi connectivity index (χ3n) is 6.26. The fourth-order valence-corrected chi connectivity index (χ4v) is 5.97. The monoisotopic (exact) mass is 419 g/mol. The lowest BCUT2D eigenvalue weighted by Crippen LogP contribution is -2.23. The number of aryl methyl sites for hydroxylation is 1. The zero-order valence-corrected chi connectivity index (χ0v) is 18.0. The topological polar surface area (TPSA) is 58.6 Å². The summed E-state index contributed by atoms with van der Waals surface area (Å²) < 4.78 is 5.53. The van der Waals surface area contributed by atoms with E-state index in [4.69, 9.17) is 21.4 Å². The molecule has 2 aromatic rings. The predicted octanol–water partition coefficient (Wildman–Crippen LogP) is 4.70. The first-order valence-corrected chi connectivity index (χ1v) is 11.0. The zero-order valence-electron chi connectivity index (χ0n) is 16.5. The van der Waals surface area contributed by atoms with Crippen molar-refractivity contribution in [2.75, 3.05) is 13.2 Å². The van der Waals surface area contributed by atoms with Gasteiger partial charge < -0.3 is 15.2 Å². The van der Waals surface area contributed by atoms with Crippen molar-refractivity contribution in [1.29, 1.82) is 0 Å².